The van der Waals surface area contributed by atoms with Gasteiger partial charge >= 0.3 is 6.61 Å². The number of aromatic nitrogens is 1. The number of fused-ring (bicyclic) bond motifs is 1. The van der Waals surface area contributed by atoms with Crippen LogP contribution in [0.5, 0.6) is 5.75 Å². The Morgan fingerprint density at radius 2 is 1.88 bits per heavy atom. The first-order valence-corrected chi connectivity index (χ1v) is 9.11. The second-order valence-corrected chi connectivity index (χ2v) is 6.85. The number of carbonyl (C=O) groups excluding carboxylic acids is 1. The number of halogens is 2. The molecule has 0 saturated carbocycles. The van der Waals surface area contributed by atoms with Gasteiger partial charge in [-0.05, 0) is 55.7 Å². The molecule has 0 fully saturated rings. The molecule has 0 unspecified atom stereocenters. The summed E-state index contributed by atoms with van der Waals surface area (Å²) in [7, 11) is 0. The standard InChI is InChI=1S/C19H18F2N2O2S/c20-19(21)25-14-11-9-13(10-12-14)22-17(24)7-3-4-8-18-23-15-5-1-2-6-16(15)26-18/h1-2,5-6,9-12,19H,3-4,7-8H2,(H,22,24). The van der Waals surface area contributed by atoms with Crippen molar-refractivity contribution in [3.8, 4) is 5.75 Å². The van der Waals surface area contributed by atoms with Gasteiger partial charge in [-0.1, -0.05) is 12.1 Å². The van der Waals surface area contributed by atoms with Crippen molar-refractivity contribution in [1.29, 1.82) is 0 Å². The summed E-state index contributed by atoms with van der Waals surface area (Å²) in [6.07, 6.45) is 2.90. The molecule has 26 heavy (non-hydrogen) atoms. The van der Waals surface area contributed by atoms with Gasteiger partial charge in [-0.3, -0.25) is 4.79 Å². The molecule has 1 heterocycles. The van der Waals surface area contributed by atoms with Crippen LogP contribution in [0.1, 0.15) is 24.3 Å². The molecule has 0 aliphatic rings. The highest BCUT2D eigenvalue weighted by Gasteiger charge is 2.07. The van der Waals surface area contributed by atoms with Crippen LogP contribution >= 0.6 is 11.3 Å². The number of anilines is 1. The average Bonchev–Trinajstić information content (AvgIpc) is 3.03. The Balaban J connectivity index is 1.39. The second kappa shape index (κ2) is 8.71. The number of alkyl halides is 2. The highest BCUT2D eigenvalue weighted by Crippen LogP contribution is 2.23. The van der Waals surface area contributed by atoms with Crippen molar-refractivity contribution in [2.24, 2.45) is 0 Å². The van der Waals surface area contributed by atoms with E-state index in [9.17, 15) is 13.6 Å². The van der Waals surface area contributed by atoms with Crippen LogP contribution in [0.25, 0.3) is 10.2 Å². The number of amides is 1. The van der Waals surface area contributed by atoms with Crippen molar-refractivity contribution in [3.63, 3.8) is 0 Å². The van der Waals surface area contributed by atoms with E-state index in [0.29, 0.717) is 12.1 Å². The Morgan fingerprint density at radius 1 is 1.12 bits per heavy atom. The van der Waals surface area contributed by atoms with Crippen LogP contribution in [-0.2, 0) is 11.2 Å². The molecule has 4 nitrogen and oxygen atoms in total. The number of rotatable bonds is 8. The lowest BCUT2D eigenvalue weighted by molar-refractivity contribution is -0.116. The Labute approximate surface area is 153 Å². The number of ether oxygens (including phenoxy) is 1. The number of para-hydroxylation sites is 1. The fourth-order valence-electron chi connectivity index (χ4n) is 2.53. The molecule has 0 aliphatic heterocycles. The Bertz CT molecular complexity index is 832. The largest absolute Gasteiger partial charge is 0.435 e. The SMILES string of the molecule is O=C(CCCCc1nc2ccccc2s1)Nc1ccc(OC(F)F)cc1. The van der Waals surface area contributed by atoms with Crippen LogP contribution in [0.15, 0.2) is 48.5 Å². The number of nitrogens with one attached hydrogen (secondary N) is 1. The van der Waals surface area contributed by atoms with Gasteiger partial charge < -0.3 is 10.1 Å². The maximum Gasteiger partial charge on any atom is 0.387 e. The van der Waals surface area contributed by atoms with Gasteiger partial charge in [-0.25, -0.2) is 4.98 Å². The molecule has 0 atom stereocenters. The van der Waals surface area contributed by atoms with Crippen molar-refractivity contribution in [3.05, 3.63) is 53.5 Å². The molecule has 0 saturated heterocycles. The molecule has 136 valence electrons. The molecule has 3 rings (SSSR count). The number of hydrogen-bond donors (Lipinski definition) is 1. The number of benzene rings is 2. The molecule has 7 heteroatoms. The molecule has 0 bridgehead atoms. The third kappa shape index (κ3) is 5.23. The van der Waals surface area contributed by atoms with Gasteiger partial charge in [-0.2, -0.15) is 8.78 Å². The minimum Gasteiger partial charge on any atom is -0.435 e. The molecule has 0 aliphatic carbocycles. The summed E-state index contributed by atoms with van der Waals surface area (Å²) in [5.41, 5.74) is 1.58. The number of unbranched alkanes of at least 4 members (excludes halogenated alkanes) is 1. The number of hydrogen-bond acceptors (Lipinski definition) is 4. The molecule has 0 spiro atoms. The topological polar surface area (TPSA) is 51.2 Å². The van der Waals surface area contributed by atoms with Crippen molar-refractivity contribution < 1.29 is 18.3 Å². The fourth-order valence-corrected chi connectivity index (χ4v) is 3.54. The van der Waals surface area contributed by atoms with E-state index in [1.807, 2.05) is 18.2 Å². The van der Waals surface area contributed by atoms with Crippen molar-refractivity contribution in [1.82, 2.24) is 4.98 Å². The molecule has 2 aromatic carbocycles. The Morgan fingerprint density at radius 3 is 2.62 bits per heavy atom. The highest BCUT2D eigenvalue weighted by atomic mass is 32.1. The lowest BCUT2D eigenvalue weighted by atomic mass is 10.2. The normalized spacial score (nSPS) is 11.0. The van der Waals surface area contributed by atoms with Gasteiger partial charge in [0.05, 0.1) is 15.2 Å². The zero-order valence-corrected chi connectivity index (χ0v) is 14.8. The van der Waals surface area contributed by atoms with Crippen molar-refractivity contribution in [2.75, 3.05) is 5.32 Å². The molecule has 3 aromatic rings. The first kappa shape index (κ1) is 18.3. The minimum atomic E-state index is -2.86. The van der Waals surface area contributed by atoms with Gasteiger partial charge in [0, 0.05) is 12.1 Å². The van der Waals surface area contributed by atoms with E-state index in [2.05, 4.69) is 21.1 Å². The maximum absolute atomic E-state index is 12.1. The molecular formula is C19H18F2N2O2S. The minimum absolute atomic E-state index is 0.0637. The lowest BCUT2D eigenvalue weighted by Gasteiger charge is -2.07. The smallest absolute Gasteiger partial charge is 0.387 e. The molecule has 1 aromatic heterocycles. The summed E-state index contributed by atoms with van der Waals surface area (Å²) in [6, 6.07) is 13.9. The fraction of sp³-hybridized carbons (Fsp3) is 0.263. The monoisotopic (exact) mass is 376 g/mol. The van der Waals surface area contributed by atoms with Crippen LogP contribution in [0.3, 0.4) is 0 Å². The lowest BCUT2D eigenvalue weighted by Crippen LogP contribution is -2.11. The van der Waals surface area contributed by atoms with Gasteiger partial charge in [0.2, 0.25) is 5.91 Å². The van der Waals surface area contributed by atoms with Crippen LogP contribution in [-0.4, -0.2) is 17.5 Å². The summed E-state index contributed by atoms with van der Waals surface area (Å²) in [5, 5.41) is 3.83. The summed E-state index contributed by atoms with van der Waals surface area (Å²) in [5.74, 6) is -0.0364. The first-order chi connectivity index (χ1) is 12.6. The Kier molecular flexibility index (Phi) is 6.12. The number of carbonyl (C=O) groups is 1. The third-order valence-electron chi connectivity index (χ3n) is 3.75. The van der Waals surface area contributed by atoms with Gasteiger partial charge in [-0.15, -0.1) is 11.3 Å². The highest BCUT2D eigenvalue weighted by molar-refractivity contribution is 7.18. The summed E-state index contributed by atoms with van der Waals surface area (Å²) in [6.45, 7) is -2.86. The zero-order chi connectivity index (χ0) is 18.4. The van der Waals surface area contributed by atoms with E-state index in [4.69, 9.17) is 0 Å². The zero-order valence-electron chi connectivity index (χ0n) is 14.0. The predicted octanol–water partition coefficient (Wildman–Crippen LogP) is 5.25. The quantitative estimate of drug-likeness (QED) is 0.546. The van der Waals surface area contributed by atoms with Crippen molar-refractivity contribution >= 4 is 33.1 Å². The maximum atomic E-state index is 12.1. The van der Waals surface area contributed by atoms with E-state index < -0.39 is 6.61 Å². The third-order valence-corrected chi connectivity index (χ3v) is 4.84. The molecule has 1 amide bonds. The summed E-state index contributed by atoms with van der Waals surface area (Å²) < 4.78 is 29.6. The summed E-state index contributed by atoms with van der Waals surface area (Å²) in [4.78, 5) is 16.5. The number of thiazole rings is 1. The van der Waals surface area contributed by atoms with Crippen LogP contribution < -0.4 is 10.1 Å². The van der Waals surface area contributed by atoms with Crippen LogP contribution in [0.4, 0.5) is 14.5 Å². The average molecular weight is 376 g/mol. The van der Waals surface area contributed by atoms with E-state index in [1.165, 1.54) is 29.0 Å². The number of nitrogens with zero attached hydrogens (tertiary/aromatic N) is 1. The Hall–Kier alpha value is -2.54. The van der Waals surface area contributed by atoms with E-state index in [1.54, 1.807) is 11.3 Å². The van der Waals surface area contributed by atoms with Crippen molar-refractivity contribution in [2.45, 2.75) is 32.3 Å². The van der Waals surface area contributed by atoms with E-state index in [0.717, 1.165) is 29.8 Å². The van der Waals surface area contributed by atoms with Crippen LogP contribution in [0.2, 0.25) is 0 Å². The molecular weight excluding hydrogens is 358 g/mol. The van der Waals surface area contributed by atoms with E-state index in [-0.39, 0.29) is 11.7 Å². The van der Waals surface area contributed by atoms with Gasteiger partial charge in [0.1, 0.15) is 5.75 Å². The van der Waals surface area contributed by atoms with E-state index >= 15 is 0 Å². The van der Waals surface area contributed by atoms with Crippen LogP contribution in [0, 0.1) is 0 Å². The summed E-state index contributed by atoms with van der Waals surface area (Å²) >= 11 is 1.69. The van der Waals surface area contributed by atoms with Gasteiger partial charge in [0.25, 0.3) is 0 Å². The first-order valence-electron chi connectivity index (χ1n) is 8.29. The molecule has 1 N–H and O–H groups in total. The van der Waals surface area contributed by atoms with Gasteiger partial charge in [0.15, 0.2) is 0 Å². The number of aryl methyl sites for hydroxylation is 1. The predicted molar refractivity (Wildman–Crippen MR) is 98.9 cm³/mol. The second-order valence-electron chi connectivity index (χ2n) is 5.73. The molecule has 0 radical (unpaired) electrons.